The van der Waals surface area contributed by atoms with E-state index in [9.17, 15) is 4.21 Å². The molecule has 1 aromatic carbocycles. The van der Waals surface area contributed by atoms with Gasteiger partial charge in [-0.1, -0.05) is 24.6 Å². The molecule has 8 nitrogen and oxygen atoms in total. The average Bonchev–Trinajstić information content (AvgIpc) is 3.49. The third-order valence-corrected chi connectivity index (χ3v) is 8.05. The fraction of sp³-hybridized carbons (Fsp3) is 0.333. The van der Waals surface area contributed by atoms with E-state index in [0.717, 1.165) is 53.5 Å². The second-order valence-corrected chi connectivity index (χ2v) is 11.3. The Balaban J connectivity index is 1.34. The van der Waals surface area contributed by atoms with Gasteiger partial charge in [0.25, 0.3) is 0 Å². The van der Waals surface area contributed by atoms with Gasteiger partial charge in [-0.15, -0.1) is 0 Å². The summed E-state index contributed by atoms with van der Waals surface area (Å²) in [7, 11) is -0.625. The SMILES string of the molecule is Cn1cc(-c2cccc(-c3ncc(-c4cnn([C@H]5CCC[C@@H](S(C)(=N)=O)C5)c4)cn3)c2)cn1. The molecule has 0 aliphatic heterocycles. The van der Waals surface area contributed by atoms with Crippen molar-refractivity contribution < 1.29 is 4.21 Å². The van der Waals surface area contributed by atoms with Crippen molar-refractivity contribution in [3.05, 3.63) is 61.4 Å². The van der Waals surface area contributed by atoms with Crippen molar-refractivity contribution in [2.75, 3.05) is 6.26 Å². The minimum Gasteiger partial charge on any atom is -0.275 e. The summed E-state index contributed by atoms with van der Waals surface area (Å²) in [5, 5.41) is 8.74. The first-order valence-corrected chi connectivity index (χ1v) is 13.1. The Morgan fingerprint density at radius 1 is 0.939 bits per heavy atom. The number of hydrogen-bond donors (Lipinski definition) is 1. The molecule has 3 aromatic heterocycles. The van der Waals surface area contributed by atoms with Crippen LogP contribution in [-0.2, 0) is 16.8 Å². The molecule has 1 aliphatic rings. The normalized spacial score (nSPS) is 20.4. The summed E-state index contributed by atoms with van der Waals surface area (Å²) in [6.07, 6.45) is 16.4. The lowest BCUT2D eigenvalue weighted by molar-refractivity contribution is 0.332. The molecule has 0 saturated heterocycles. The monoisotopic (exact) mass is 461 g/mol. The van der Waals surface area contributed by atoms with Crippen LogP contribution in [0, 0.1) is 4.78 Å². The van der Waals surface area contributed by atoms with E-state index in [4.69, 9.17) is 4.78 Å². The Bertz CT molecular complexity index is 1370. The Labute approximate surface area is 193 Å². The van der Waals surface area contributed by atoms with Crippen LogP contribution < -0.4 is 0 Å². The van der Waals surface area contributed by atoms with Crippen LogP contribution in [0.4, 0.5) is 0 Å². The lowest BCUT2D eigenvalue weighted by Gasteiger charge is -2.29. The largest absolute Gasteiger partial charge is 0.275 e. The van der Waals surface area contributed by atoms with E-state index in [2.05, 4.69) is 32.3 Å². The first kappa shape index (κ1) is 21.5. The molecule has 3 atom stereocenters. The van der Waals surface area contributed by atoms with Gasteiger partial charge in [0, 0.05) is 75.3 Å². The van der Waals surface area contributed by atoms with Crippen molar-refractivity contribution >= 4 is 9.73 Å². The molecule has 3 heterocycles. The zero-order chi connectivity index (χ0) is 23.0. The molecule has 1 N–H and O–H groups in total. The van der Waals surface area contributed by atoms with Gasteiger partial charge in [-0.05, 0) is 30.9 Å². The lowest BCUT2D eigenvalue weighted by Crippen LogP contribution is -2.28. The van der Waals surface area contributed by atoms with Gasteiger partial charge >= 0.3 is 0 Å². The number of nitrogens with one attached hydrogen (secondary N) is 1. The molecule has 0 spiro atoms. The van der Waals surface area contributed by atoms with Gasteiger partial charge in [-0.3, -0.25) is 14.1 Å². The number of hydrogen-bond acceptors (Lipinski definition) is 6. The van der Waals surface area contributed by atoms with Gasteiger partial charge < -0.3 is 0 Å². The first-order chi connectivity index (χ1) is 15.9. The molecule has 0 bridgehead atoms. The highest BCUT2D eigenvalue weighted by Crippen LogP contribution is 2.33. The van der Waals surface area contributed by atoms with Crippen LogP contribution >= 0.6 is 0 Å². The molecule has 170 valence electrons. The molecule has 9 heteroatoms. The van der Waals surface area contributed by atoms with Crippen molar-refractivity contribution in [3.63, 3.8) is 0 Å². The predicted octanol–water partition coefficient (Wildman–Crippen LogP) is 4.57. The third-order valence-electron chi connectivity index (χ3n) is 6.35. The number of aromatic nitrogens is 6. The van der Waals surface area contributed by atoms with Crippen LogP contribution in [0.15, 0.2) is 61.4 Å². The van der Waals surface area contributed by atoms with Crippen molar-refractivity contribution in [3.8, 4) is 33.6 Å². The number of rotatable bonds is 5. The topological polar surface area (TPSA) is 102 Å². The Morgan fingerprint density at radius 3 is 2.39 bits per heavy atom. The van der Waals surface area contributed by atoms with Gasteiger partial charge in [0.15, 0.2) is 5.82 Å². The van der Waals surface area contributed by atoms with Gasteiger partial charge in [-0.2, -0.15) is 10.2 Å². The van der Waals surface area contributed by atoms with E-state index in [-0.39, 0.29) is 11.3 Å². The number of nitrogens with zero attached hydrogens (tertiary/aromatic N) is 6. The van der Waals surface area contributed by atoms with E-state index in [1.54, 1.807) is 10.9 Å². The van der Waals surface area contributed by atoms with E-state index in [1.165, 1.54) is 0 Å². The summed E-state index contributed by atoms with van der Waals surface area (Å²) in [6, 6.07) is 8.31. The third kappa shape index (κ3) is 4.59. The highest BCUT2D eigenvalue weighted by atomic mass is 32.2. The number of aryl methyl sites for hydroxylation is 1. The van der Waals surface area contributed by atoms with Crippen LogP contribution in [0.3, 0.4) is 0 Å². The minimum absolute atomic E-state index is 0.0612. The van der Waals surface area contributed by atoms with Crippen LogP contribution in [0.2, 0.25) is 0 Å². The summed E-state index contributed by atoms with van der Waals surface area (Å²) < 4.78 is 23.9. The Hall–Kier alpha value is -3.33. The van der Waals surface area contributed by atoms with Crippen molar-refractivity contribution in [1.29, 1.82) is 4.78 Å². The van der Waals surface area contributed by atoms with Crippen molar-refractivity contribution in [1.82, 2.24) is 29.5 Å². The minimum atomic E-state index is -2.53. The molecule has 1 saturated carbocycles. The first-order valence-electron chi connectivity index (χ1n) is 11.1. The maximum absolute atomic E-state index is 12.2. The number of benzene rings is 1. The standard InChI is InChI=1S/C24H27N7OS/c1-30-15-20(13-28-30)17-5-3-6-18(9-17)24-26-11-19(12-27-24)21-14-29-31(16-21)22-7-4-8-23(10-22)33(2,25)32/h3,5-6,9,11-16,22-23,25H,4,7-8,10H2,1-2H3/t22-,23+,33?/m0/s1. The zero-order valence-electron chi connectivity index (χ0n) is 18.8. The van der Waals surface area contributed by atoms with Gasteiger partial charge in [0.2, 0.25) is 0 Å². The second-order valence-electron chi connectivity index (χ2n) is 8.83. The lowest BCUT2D eigenvalue weighted by atomic mass is 9.95. The Kier molecular flexibility index (Phi) is 5.57. The molecule has 0 radical (unpaired) electrons. The van der Waals surface area contributed by atoms with Crippen LogP contribution in [0.1, 0.15) is 31.7 Å². The van der Waals surface area contributed by atoms with E-state index in [0.29, 0.717) is 5.82 Å². The fourth-order valence-electron chi connectivity index (χ4n) is 4.49. The van der Waals surface area contributed by atoms with Crippen LogP contribution in [0.25, 0.3) is 33.6 Å². The summed E-state index contributed by atoms with van der Waals surface area (Å²) in [5.41, 5.74) is 4.93. The zero-order valence-corrected chi connectivity index (χ0v) is 19.6. The second kappa shape index (κ2) is 8.55. The summed E-state index contributed by atoms with van der Waals surface area (Å²) in [6.45, 7) is 0. The molecule has 1 unspecified atom stereocenters. The van der Waals surface area contributed by atoms with Crippen molar-refractivity contribution in [2.45, 2.75) is 37.0 Å². The fourth-order valence-corrected chi connectivity index (χ4v) is 5.70. The van der Waals surface area contributed by atoms with Crippen molar-refractivity contribution in [2.24, 2.45) is 7.05 Å². The molecular weight excluding hydrogens is 434 g/mol. The van der Waals surface area contributed by atoms with Gasteiger partial charge in [0.05, 0.1) is 18.4 Å². The average molecular weight is 462 g/mol. The predicted molar refractivity (Wildman–Crippen MR) is 129 cm³/mol. The van der Waals surface area contributed by atoms with E-state index in [1.807, 2.05) is 61.0 Å². The summed E-state index contributed by atoms with van der Waals surface area (Å²) in [4.78, 5) is 9.20. The maximum atomic E-state index is 12.2. The van der Waals surface area contributed by atoms with Crippen LogP contribution in [-0.4, -0.2) is 45.2 Å². The van der Waals surface area contributed by atoms with E-state index < -0.39 is 9.73 Å². The highest BCUT2D eigenvalue weighted by molar-refractivity contribution is 7.92. The maximum Gasteiger partial charge on any atom is 0.159 e. The summed E-state index contributed by atoms with van der Waals surface area (Å²) >= 11 is 0. The van der Waals surface area contributed by atoms with E-state index >= 15 is 0 Å². The smallest absolute Gasteiger partial charge is 0.159 e. The molecule has 1 fully saturated rings. The molecule has 5 rings (SSSR count). The molecular formula is C24H27N7OS. The molecule has 33 heavy (non-hydrogen) atoms. The highest BCUT2D eigenvalue weighted by Gasteiger charge is 2.28. The summed E-state index contributed by atoms with van der Waals surface area (Å²) in [5.74, 6) is 0.667. The molecule has 4 aromatic rings. The molecule has 0 amide bonds. The van der Waals surface area contributed by atoms with Crippen LogP contribution in [0.5, 0.6) is 0 Å². The molecule has 1 aliphatic carbocycles. The Morgan fingerprint density at radius 2 is 1.67 bits per heavy atom. The van der Waals surface area contributed by atoms with Gasteiger partial charge in [-0.25, -0.2) is 14.2 Å². The quantitative estimate of drug-likeness (QED) is 0.469. The van der Waals surface area contributed by atoms with Gasteiger partial charge in [0.1, 0.15) is 0 Å².